The highest BCUT2D eigenvalue weighted by atomic mass is 32.1. The number of carbonyl (C=O) groups excluding carboxylic acids is 1. The molecule has 4 rings (SSSR count). The normalized spacial score (nSPS) is 12.8. The van der Waals surface area contributed by atoms with E-state index in [9.17, 15) is 26.7 Å². The fourth-order valence-corrected chi connectivity index (χ4v) is 4.38. The van der Waals surface area contributed by atoms with E-state index in [0.29, 0.717) is 23.9 Å². The van der Waals surface area contributed by atoms with Crippen molar-refractivity contribution in [1.29, 1.82) is 0 Å². The van der Waals surface area contributed by atoms with Gasteiger partial charge in [-0.3, -0.25) is 4.79 Å². The molecule has 4 aromatic rings. The second-order valence-corrected chi connectivity index (χ2v) is 8.64. The van der Waals surface area contributed by atoms with Crippen LogP contribution in [-0.4, -0.2) is 15.9 Å². The molecule has 2 heterocycles. The zero-order chi connectivity index (χ0) is 24.7. The first-order valence-electron chi connectivity index (χ1n) is 9.86. The van der Waals surface area contributed by atoms with Crippen LogP contribution in [0.1, 0.15) is 28.6 Å². The molecule has 0 saturated carbocycles. The summed E-state index contributed by atoms with van der Waals surface area (Å²) >= 11 is 1.34. The van der Waals surface area contributed by atoms with Crippen molar-refractivity contribution in [3.63, 3.8) is 0 Å². The molecular weight excluding hydrogens is 473 g/mol. The maximum atomic E-state index is 13.9. The number of nitrogens with two attached hydrogens (primary N) is 1. The van der Waals surface area contributed by atoms with E-state index in [2.05, 4.69) is 9.97 Å². The highest BCUT2D eigenvalue weighted by Gasteiger charge is 2.34. The lowest BCUT2D eigenvalue weighted by atomic mass is 10.0. The molecule has 0 spiro atoms. The number of benzene rings is 2. The third kappa shape index (κ3) is 4.96. The molecule has 0 aliphatic carbocycles. The Balaban J connectivity index is 1.81. The number of alkyl halides is 5. The van der Waals surface area contributed by atoms with Gasteiger partial charge in [-0.05, 0) is 47.9 Å². The van der Waals surface area contributed by atoms with E-state index in [-0.39, 0.29) is 22.7 Å². The second kappa shape index (κ2) is 8.60. The predicted molar refractivity (Wildman–Crippen MR) is 121 cm³/mol. The zero-order valence-corrected chi connectivity index (χ0v) is 18.3. The molecule has 2 aromatic heterocycles. The smallest absolute Gasteiger partial charge is 0.366 e. The molecule has 0 atom stereocenters. The molecule has 2 aromatic carbocycles. The van der Waals surface area contributed by atoms with E-state index in [1.165, 1.54) is 29.7 Å². The quantitative estimate of drug-likeness (QED) is 0.257. The van der Waals surface area contributed by atoms with Gasteiger partial charge in [-0.2, -0.15) is 13.2 Å². The molecule has 0 bridgehead atoms. The van der Waals surface area contributed by atoms with Crippen molar-refractivity contribution < 1.29 is 26.7 Å². The van der Waals surface area contributed by atoms with Gasteiger partial charge in [-0.1, -0.05) is 18.2 Å². The summed E-state index contributed by atoms with van der Waals surface area (Å²) in [6.45, 7) is 0.510. The summed E-state index contributed by atoms with van der Waals surface area (Å²) in [7, 11) is 0. The summed E-state index contributed by atoms with van der Waals surface area (Å²) < 4.78 is 68.6. The number of nitrogens with zero attached hydrogens (tertiary/aromatic N) is 2. The van der Waals surface area contributed by atoms with Crippen LogP contribution in [0.25, 0.3) is 33.1 Å². The lowest BCUT2D eigenvalue weighted by Gasteiger charge is -2.16. The molecule has 0 radical (unpaired) electrons. The van der Waals surface area contributed by atoms with Crippen molar-refractivity contribution in [3.8, 4) is 11.4 Å². The number of thiophene rings is 1. The molecule has 2 N–H and O–H groups in total. The van der Waals surface area contributed by atoms with E-state index in [1.54, 1.807) is 6.07 Å². The van der Waals surface area contributed by atoms with E-state index < -0.39 is 29.1 Å². The topological polar surface area (TPSA) is 68.9 Å². The van der Waals surface area contributed by atoms with Gasteiger partial charge in [0.2, 0.25) is 5.91 Å². The first-order chi connectivity index (χ1) is 15.9. The summed E-state index contributed by atoms with van der Waals surface area (Å²) in [5.41, 5.74) is 3.61. The van der Waals surface area contributed by atoms with Crippen molar-refractivity contribution in [3.05, 3.63) is 82.5 Å². The third-order valence-corrected chi connectivity index (χ3v) is 6.10. The van der Waals surface area contributed by atoms with Crippen LogP contribution >= 0.6 is 11.3 Å². The fraction of sp³-hybridized carbons (Fsp3) is 0.125. The number of carbonyl (C=O) groups is 1. The minimum Gasteiger partial charge on any atom is -0.366 e. The summed E-state index contributed by atoms with van der Waals surface area (Å²) in [5.74, 6) is -4.43. The number of primary amides is 1. The maximum absolute atomic E-state index is 13.9. The van der Waals surface area contributed by atoms with E-state index in [1.807, 2.05) is 24.3 Å². The van der Waals surface area contributed by atoms with Crippen molar-refractivity contribution >= 4 is 39.0 Å². The van der Waals surface area contributed by atoms with Crippen LogP contribution in [0.2, 0.25) is 0 Å². The van der Waals surface area contributed by atoms with Crippen LogP contribution in [0.15, 0.2) is 60.8 Å². The molecule has 0 saturated heterocycles. The first kappa shape index (κ1) is 23.5. The van der Waals surface area contributed by atoms with E-state index >= 15 is 0 Å². The lowest BCUT2D eigenvalue weighted by molar-refractivity contribution is -0.137. The Morgan fingerprint density at radius 3 is 2.35 bits per heavy atom. The molecule has 0 aliphatic rings. The number of amides is 1. The molecule has 34 heavy (non-hydrogen) atoms. The highest BCUT2D eigenvalue weighted by Crippen LogP contribution is 2.37. The number of fused-ring (bicyclic) bond motifs is 1. The van der Waals surface area contributed by atoms with Crippen LogP contribution in [0, 0.1) is 0 Å². The van der Waals surface area contributed by atoms with Crippen molar-refractivity contribution in [2.45, 2.75) is 19.0 Å². The minimum absolute atomic E-state index is 0.149. The van der Waals surface area contributed by atoms with Gasteiger partial charge in [-0.25, -0.2) is 18.7 Å². The van der Waals surface area contributed by atoms with Crippen LogP contribution < -0.4 is 5.73 Å². The van der Waals surface area contributed by atoms with Gasteiger partial charge in [0, 0.05) is 33.8 Å². The van der Waals surface area contributed by atoms with Crippen LogP contribution in [0.4, 0.5) is 22.0 Å². The first-order valence-corrected chi connectivity index (χ1v) is 10.7. The number of rotatable bonds is 5. The molecule has 174 valence electrons. The average molecular weight is 489 g/mol. The monoisotopic (exact) mass is 489 g/mol. The van der Waals surface area contributed by atoms with Crippen LogP contribution in [0.3, 0.4) is 0 Å². The Hall–Kier alpha value is -3.66. The molecule has 0 fully saturated rings. The predicted octanol–water partition coefficient (Wildman–Crippen LogP) is 6.51. The van der Waals surface area contributed by atoms with Gasteiger partial charge < -0.3 is 5.73 Å². The van der Waals surface area contributed by atoms with Gasteiger partial charge in [-0.15, -0.1) is 11.3 Å². The maximum Gasteiger partial charge on any atom is 0.416 e. The minimum atomic E-state index is -4.84. The Kier molecular flexibility index (Phi) is 5.94. The largest absolute Gasteiger partial charge is 0.416 e. The Morgan fingerprint density at radius 1 is 1.00 bits per heavy atom. The molecule has 10 heteroatoms. The molecule has 4 nitrogen and oxygen atoms in total. The summed E-state index contributed by atoms with van der Waals surface area (Å²) in [5, 5.41) is 0.912. The molecular formula is C24H16F5N3OS. The fourth-order valence-electron chi connectivity index (χ4n) is 3.29. The van der Waals surface area contributed by atoms with Gasteiger partial charge >= 0.3 is 6.18 Å². The van der Waals surface area contributed by atoms with Crippen molar-refractivity contribution in [2.24, 2.45) is 5.73 Å². The van der Waals surface area contributed by atoms with E-state index in [0.717, 1.165) is 16.2 Å². The number of halogens is 5. The van der Waals surface area contributed by atoms with Crippen molar-refractivity contribution in [2.75, 3.05) is 0 Å². The molecule has 0 aliphatic heterocycles. The molecule has 1 amide bonds. The standard InChI is InChI=1S/C24H16F5N3OS/c1-23(25,26)15-8-14(9-16(11-15)24(27,28)29)22-31-7-6-17(32-22)12-18(21(30)33)20-10-13-4-2-3-5-19(13)34-20/h2-12H,1H3,(H2,30,33)/b18-12+. The number of hydrogen-bond acceptors (Lipinski definition) is 4. The summed E-state index contributed by atoms with van der Waals surface area (Å²) in [6, 6.07) is 12.7. The average Bonchev–Trinajstić information content (AvgIpc) is 3.20. The SMILES string of the molecule is CC(F)(F)c1cc(-c2nccc(/C=C(/C(N)=O)c3cc4ccccc4s3)n2)cc(C(F)(F)F)c1. The van der Waals surface area contributed by atoms with Gasteiger partial charge in [0.1, 0.15) is 0 Å². The number of hydrogen-bond donors (Lipinski definition) is 1. The Morgan fingerprint density at radius 2 is 1.71 bits per heavy atom. The van der Waals surface area contributed by atoms with Gasteiger partial charge in [0.25, 0.3) is 5.92 Å². The van der Waals surface area contributed by atoms with Crippen molar-refractivity contribution in [1.82, 2.24) is 9.97 Å². The van der Waals surface area contributed by atoms with Gasteiger partial charge in [0.05, 0.1) is 16.8 Å². The van der Waals surface area contributed by atoms with Crippen LogP contribution in [0.5, 0.6) is 0 Å². The molecule has 0 unspecified atom stereocenters. The lowest BCUT2D eigenvalue weighted by Crippen LogP contribution is -2.13. The van der Waals surface area contributed by atoms with Gasteiger partial charge in [0.15, 0.2) is 5.82 Å². The summed E-state index contributed by atoms with van der Waals surface area (Å²) in [4.78, 5) is 20.9. The number of aromatic nitrogens is 2. The second-order valence-electron chi connectivity index (χ2n) is 7.56. The van der Waals surface area contributed by atoms with E-state index in [4.69, 9.17) is 5.73 Å². The highest BCUT2D eigenvalue weighted by molar-refractivity contribution is 7.20. The zero-order valence-electron chi connectivity index (χ0n) is 17.5. The Labute approximate surface area is 194 Å². The van der Waals surface area contributed by atoms with Crippen LogP contribution in [-0.2, 0) is 16.9 Å². The summed E-state index contributed by atoms with van der Waals surface area (Å²) in [6.07, 6.45) is -2.18. The third-order valence-electron chi connectivity index (χ3n) is 4.95. The Bertz CT molecular complexity index is 1350.